The Balaban J connectivity index is 1.81. The summed E-state index contributed by atoms with van der Waals surface area (Å²) >= 11 is 0. The summed E-state index contributed by atoms with van der Waals surface area (Å²) in [6.45, 7) is 0. The molecule has 0 atom stereocenters. The number of pyridine rings is 2. The zero-order valence-corrected chi connectivity index (χ0v) is 11.0. The fourth-order valence-corrected chi connectivity index (χ4v) is 2.33. The van der Waals surface area contributed by atoms with Crippen molar-refractivity contribution < 1.29 is 4.74 Å². The predicted octanol–water partition coefficient (Wildman–Crippen LogP) is 3.84. The summed E-state index contributed by atoms with van der Waals surface area (Å²) in [6, 6.07) is 14.2. The van der Waals surface area contributed by atoms with E-state index in [-0.39, 0.29) is 0 Å². The number of benzene rings is 1. The summed E-state index contributed by atoms with van der Waals surface area (Å²) in [5, 5.41) is 2.29. The van der Waals surface area contributed by atoms with Gasteiger partial charge in [-0.05, 0) is 30.4 Å². The predicted molar refractivity (Wildman–Crippen MR) is 78.6 cm³/mol. The van der Waals surface area contributed by atoms with Crippen molar-refractivity contribution >= 4 is 10.8 Å². The summed E-state index contributed by atoms with van der Waals surface area (Å²) in [4.78, 5) is 8.80. The average molecular weight is 262 g/mol. The van der Waals surface area contributed by atoms with Crippen LogP contribution in [0, 0.1) is 0 Å². The number of rotatable bonds is 3. The highest BCUT2D eigenvalue weighted by molar-refractivity contribution is 5.95. The Morgan fingerprint density at radius 2 is 1.90 bits per heavy atom. The third kappa shape index (κ3) is 2.11. The van der Waals surface area contributed by atoms with Gasteiger partial charge in [0.25, 0.3) is 0 Å². The van der Waals surface area contributed by atoms with Crippen LogP contribution < -0.4 is 4.74 Å². The molecule has 1 aliphatic rings. The van der Waals surface area contributed by atoms with E-state index in [0.717, 1.165) is 35.4 Å². The topological polar surface area (TPSA) is 35.0 Å². The molecule has 1 saturated carbocycles. The molecule has 0 bridgehead atoms. The molecule has 2 heterocycles. The Bertz CT molecular complexity index is 760. The van der Waals surface area contributed by atoms with E-state index in [2.05, 4.69) is 22.1 Å². The molecule has 0 saturated heterocycles. The summed E-state index contributed by atoms with van der Waals surface area (Å²) < 4.78 is 5.78. The number of aromatic nitrogens is 2. The van der Waals surface area contributed by atoms with Crippen LogP contribution in [0.1, 0.15) is 12.8 Å². The molecule has 2 aromatic heterocycles. The van der Waals surface area contributed by atoms with Crippen LogP contribution >= 0.6 is 0 Å². The molecule has 3 heteroatoms. The van der Waals surface area contributed by atoms with Gasteiger partial charge in [-0.25, -0.2) is 4.98 Å². The molecule has 0 N–H and O–H groups in total. The monoisotopic (exact) mass is 262 g/mol. The lowest BCUT2D eigenvalue weighted by Gasteiger charge is -2.08. The number of hydrogen-bond donors (Lipinski definition) is 0. The number of nitrogens with zero attached hydrogens (tertiary/aromatic N) is 2. The maximum absolute atomic E-state index is 5.78. The van der Waals surface area contributed by atoms with Crippen molar-refractivity contribution in [1.82, 2.24) is 9.97 Å². The van der Waals surface area contributed by atoms with Gasteiger partial charge in [0.2, 0.25) is 5.88 Å². The van der Waals surface area contributed by atoms with Crippen LogP contribution in [0.5, 0.6) is 5.88 Å². The summed E-state index contributed by atoms with van der Waals surface area (Å²) in [5.41, 5.74) is 2.06. The van der Waals surface area contributed by atoms with Crippen LogP contribution in [0.15, 0.2) is 54.9 Å². The Morgan fingerprint density at radius 1 is 1.00 bits per heavy atom. The average Bonchev–Trinajstić information content (AvgIpc) is 3.31. The maximum Gasteiger partial charge on any atom is 0.214 e. The molecule has 0 spiro atoms. The van der Waals surface area contributed by atoms with Crippen molar-refractivity contribution in [2.75, 3.05) is 0 Å². The van der Waals surface area contributed by atoms with Gasteiger partial charge in [-0.1, -0.05) is 24.3 Å². The number of fused-ring (bicyclic) bond motifs is 1. The van der Waals surface area contributed by atoms with E-state index in [9.17, 15) is 0 Å². The molecule has 98 valence electrons. The zero-order chi connectivity index (χ0) is 13.4. The number of ether oxygens (including phenoxy) is 1. The van der Waals surface area contributed by atoms with E-state index in [0.29, 0.717) is 6.10 Å². The second kappa shape index (κ2) is 4.60. The summed E-state index contributed by atoms with van der Waals surface area (Å²) in [6.07, 6.45) is 6.35. The van der Waals surface area contributed by atoms with Crippen LogP contribution in [0.2, 0.25) is 0 Å². The minimum absolute atomic E-state index is 0.370. The minimum Gasteiger partial charge on any atom is -0.474 e. The maximum atomic E-state index is 5.78. The molecule has 0 unspecified atom stereocenters. The van der Waals surface area contributed by atoms with Gasteiger partial charge in [0.05, 0.1) is 5.69 Å². The van der Waals surface area contributed by atoms with Crippen molar-refractivity contribution in [3.63, 3.8) is 0 Å². The fraction of sp³-hybridized carbons (Fsp3) is 0.176. The molecule has 1 aromatic carbocycles. The van der Waals surface area contributed by atoms with Crippen LogP contribution in [0.4, 0.5) is 0 Å². The van der Waals surface area contributed by atoms with Crippen molar-refractivity contribution in [3.8, 4) is 17.1 Å². The second-order valence-electron chi connectivity index (χ2n) is 5.08. The van der Waals surface area contributed by atoms with Gasteiger partial charge in [-0.3, -0.25) is 4.98 Å². The Labute approximate surface area is 117 Å². The zero-order valence-electron chi connectivity index (χ0n) is 11.0. The first-order valence-electron chi connectivity index (χ1n) is 6.87. The largest absolute Gasteiger partial charge is 0.474 e. The minimum atomic E-state index is 0.370. The molecule has 0 amide bonds. The van der Waals surface area contributed by atoms with Gasteiger partial charge in [-0.15, -0.1) is 0 Å². The van der Waals surface area contributed by atoms with Crippen LogP contribution in [0.25, 0.3) is 22.0 Å². The highest BCUT2D eigenvalue weighted by atomic mass is 16.5. The molecule has 4 rings (SSSR count). The Morgan fingerprint density at radius 3 is 2.80 bits per heavy atom. The molecule has 3 aromatic rings. The van der Waals surface area contributed by atoms with Crippen molar-refractivity contribution in [2.24, 2.45) is 0 Å². The van der Waals surface area contributed by atoms with Gasteiger partial charge in [0.15, 0.2) is 0 Å². The number of hydrogen-bond acceptors (Lipinski definition) is 3. The van der Waals surface area contributed by atoms with Crippen molar-refractivity contribution in [2.45, 2.75) is 18.9 Å². The molecule has 1 fully saturated rings. The SMILES string of the molecule is c1cc(OC2CC2)nc(-c2cccc3cnccc23)c1. The van der Waals surface area contributed by atoms with Crippen molar-refractivity contribution in [1.29, 1.82) is 0 Å². The highest BCUT2D eigenvalue weighted by Gasteiger charge is 2.24. The molecule has 3 nitrogen and oxygen atoms in total. The molecular weight excluding hydrogens is 248 g/mol. The van der Waals surface area contributed by atoms with Gasteiger partial charge in [-0.2, -0.15) is 0 Å². The Kier molecular flexibility index (Phi) is 2.62. The lowest BCUT2D eigenvalue weighted by Crippen LogP contribution is -1.98. The smallest absolute Gasteiger partial charge is 0.214 e. The first-order valence-corrected chi connectivity index (χ1v) is 6.87. The molecular formula is C17H14N2O. The van der Waals surface area contributed by atoms with Crippen LogP contribution in [-0.4, -0.2) is 16.1 Å². The lowest BCUT2D eigenvalue weighted by molar-refractivity contribution is 0.291. The summed E-state index contributed by atoms with van der Waals surface area (Å²) in [7, 11) is 0. The molecule has 0 radical (unpaired) electrons. The Hall–Kier alpha value is -2.42. The van der Waals surface area contributed by atoms with Crippen molar-refractivity contribution in [3.05, 3.63) is 54.9 Å². The third-order valence-electron chi connectivity index (χ3n) is 3.49. The van der Waals surface area contributed by atoms with E-state index >= 15 is 0 Å². The quantitative estimate of drug-likeness (QED) is 0.719. The fourth-order valence-electron chi connectivity index (χ4n) is 2.33. The van der Waals surface area contributed by atoms with E-state index in [4.69, 9.17) is 4.74 Å². The highest BCUT2D eigenvalue weighted by Crippen LogP contribution is 2.30. The third-order valence-corrected chi connectivity index (χ3v) is 3.49. The van der Waals surface area contributed by atoms with E-state index < -0.39 is 0 Å². The normalized spacial score (nSPS) is 14.4. The molecule has 20 heavy (non-hydrogen) atoms. The molecule has 0 aliphatic heterocycles. The van der Waals surface area contributed by atoms with Crippen LogP contribution in [-0.2, 0) is 0 Å². The summed E-state index contributed by atoms with van der Waals surface area (Å²) in [5.74, 6) is 0.719. The standard InChI is InChI=1S/C17H14N2O/c1-3-12-11-18-10-9-14(12)15(4-1)16-5-2-6-17(19-16)20-13-7-8-13/h1-6,9-11,13H,7-8H2. The first-order chi connectivity index (χ1) is 9.90. The van der Waals surface area contributed by atoms with Crippen LogP contribution in [0.3, 0.4) is 0 Å². The van der Waals surface area contributed by atoms with Gasteiger partial charge >= 0.3 is 0 Å². The lowest BCUT2D eigenvalue weighted by atomic mass is 10.0. The molecule has 1 aliphatic carbocycles. The first kappa shape index (κ1) is 11.4. The van der Waals surface area contributed by atoms with Gasteiger partial charge < -0.3 is 4.74 Å². The second-order valence-corrected chi connectivity index (χ2v) is 5.08. The van der Waals surface area contributed by atoms with Gasteiger partial charge in [0.1, 0.15) is 6.10 Å². The van der Waals surface area contributed by atoms with E-state index in [1.165, 1.54) is 5.39 Å². The van der Waals surface area contributed by atoms with E-state index in [1.807, 2.05) is 42.7 Å². The van der Waals surface area contributed by atoms with Gasteiger partial charge in [0, 0.05) is 29.4 Å². The van der Waals surface area contributed by atoms with E-state index in [1.54, 1.807) is 0 Å².